The third-order valence-electron chi connectivity index (χ3n) is 6.85. The molecule has 0 aliphatic heterocycles. The third-order valence-corrected chi connectivity index (χ3v) is 7.87. The lowest BCUT2D eigenvalue weighted by Gasteiger charge is -2.27. The molecule has 2 aliphatic carbocycles. The molecule has 2 aliphatic rings. The molecule has 0 saturated heterocycles. The lowest BCUT2D eigenvalue weighted by atomic mass is 9.78. The summed E-state index contributed by atoms with van der Waals surface area (Å²) in [6, 6.07) is 7.37. The Morgan fingerprint density at radius 2 is 1.79 bits per heavy atom. The molecule has 33 heavy (non-hydrogen) atoms. The van der Waals surface area contributed by atoms with Gasteiger partial charge in [0.1, 0.15) is 16.3 Å². The normalized spacial score (nSPS) is 23.4. The second-order valence-electron chi connectivity index (χ2n) is 8.81. The Balaban J connectivity index is 1.69. The minimum atomic E-state index is -0.911. The maximum atomic E-state index is 13.3. The van der Waals surface area contributed by atoms with Crippen molar-refractivity contribution in [2.24, 2.45) is 23.7 Å². The Hall–Kier alpha value is -2.87. The van der Waals surface area contributed by atoms with Gasteiger partial charge in [0, 0.05) is 10.4 Å². The second kappa shape index (κ2) is 9.55. The molecule has 2 N–H and O–H groups in total. The number of fused-ring (bicyclic) bond motifs is 2. The van der Waals surface area contributed by atoms with Crippen LogP contribution < -0.4 is 10.1 Å². The Bertz CT molecular complexity index is 1060. The van der Waals surface area contributed by atoms with E-state index in [1.807, 2.05) is 38.1 Å². The summed E-state index contributed by atoms with van der Waals surface area (Å²) >= 11 is 1.31. The van der Waals surface area contributed by atoms with Crippen molar-refractivity contribution in [2.75, 3.05) is 19.0 Å². The number of carboxylic acid groups (broad SMARTS) is 1. The smallest absolute Gasteiger partial charge is 0.341 e. The number of hydrogen-bond donors (Lipinski definition) is 2. The number of methoxy groups -OCH3 is 1. The van der Waals surface area contributed by atoms with E-state index in [0.717, 1.165) is 29.7 Å². The molecule has 4 atom stereocenters. The molecule has 176 valence electrons. The van der Waals surface area contributed by atoms with Crippen molar-refractivity contribution >= 4 is 34.2 Å². The Labute approximate surface area is 197 Å². The molecule has 1 aromatic heterocycles. The van der Waals surface area contributed by atoms with Gasteiger partial charge in [-0.25, -0.2) is 4.79 Å². The summed E-state index contributed by atoms with van der Waals surface area (Å²) in [6.45, 7) is 4.09. The number of benzene rings is 1. The standard InChI is InChI=1S/C25H29NO6S/c1-4-11-32-25(30)21-18(14-7-9-17(31-3)10-8-14)13(2)33-23(21)26-22(27)19-15-5-6-16(12-15)20(19)24(28)29/h7-10,15-16,19-20H,4-6,11-12H2,1-3H3,(H,26,27)(H,28,29)/t15-,16-,19+,20+/m1/s1. The van der Waals surface area contributed by atoms with E-state index < -0.39 is 23.8 Å². The van der Waals surface area contributed by atoms with E-state index in [9.17, 15) is 19.5 Å². The largest absolute Gasteiger partial charge is 0.497 e. The maximum absolute atomic E-state index is 13.3. The summed E-state index contributed by atoms with van der Waals surface area (Å²) < 4.78 is 10.7. The lowest BCUT2D eigenvalue weighted by molar-refractivity contribution is -0.148. The average molecular weight is 472 g/mol. The summed E-state index contributed by atoms with van der Waals surface area (Å²) in [5.41, 5.74) is 1.85. The highest BCUT2D eigenvalue weighted by Gasteiger charge is 2.54. The SMILES string of the molecule is CCCOC(=O)c1c(NC(=O)[C@H]2[C@@H]3CC[C@H](C3)[C@@H]2C(=O)O)sc(C)c1-c1ccc(OC)cc1. The fourth-order valence-electron chi connectivity index (χ4n) is 5.42. The second-order valence-corrected chi connectivity index (χ2v) is 10.0. The Morgan fingerprint density at radius 1 is 1.12 bits per heavy atom. The molecule has 7 nitrogen and oxygen atoms in total. The van der Waals surface area contributed by atoms with E-state index in [1.54, 1.807) is 7.11 Å². The van der Waals surface area contributed by atoms with Gasteiger partial charge in [0.2, 0.25) is 5.91 Å². The first-order valence-corrected chi connectivity index (χ1v) is 12.2. The van der Waals surface area contributed by atoms with Crippen molar-refractivity contribution in [1.29, 1.82) is 0 Å². The summed E-state index contributed by atoms with van der Waals surface area (Å²) in [4.78, 5) is 39.1. The van der Waals surface area contributed by atoms with Gasteiger partial charge in [0.05, 0.1) is 25.6 Å². The number of carbonyl (C=O) groups excluding carboxylic acids is 2. The van der Waals surface area contributed by atoms with Crippen LogP contribution in [0.3, 0.4) is 0 Å². The molecular formula is C25H29NO6S. The highest BCUT2D eigenvalue weighted by molar-refractivity contribution is 7.17. The van der Waals surface area contributed by atoms with Crippen LogP contribution >= 0.6 is 11.3 Å². The fraction of sp³-hybridized carbons (Fsp3) is 0.480. The van der Waals surface area contributed by atoms with Crippen LogP contribution in [-0.4, -0.2) is 36.7 Å². The van der Waals surface area contributed by atoms with Crippen LogP contribution in [0.15, 0.2) is 24.3 Å². The average Bonchev–Trinajstić information content (AvgIpc) is 3.50. The number of aliphatic carboxylic acids is 1. The first-order valence-electron chi connectivity index (χ1n) is 11.3. The molecule has 0 radical (unpaired) electrons. The van der Waals surface area contributed by atoms with Gasteiger partial charge in [-0.15, -0.1) is 11.3 Å². The predicted molar refractivity (Wildman–Crippen MR) is 126 cm³/mol. The number of ether oxygens (including phenoxy) is 2. The number of amides is 1. The summed E-state index contributed by atoms with van der Waals surface area (Å²) in [7, 11) is 1.59. The summed E-state index contributed by atoms with van der Waals surface area (Å²) in [6.07, 6.45) is 3.19. The van der Waals surface area contributed by atoms with E-state index in [-0.39, 0.29) is 24.3 Å². The van der Waals surface area contributed by atoms with E-state index in [1.165, 1.54) is 11.3 Å². The number of carboxylic acids is 1. The van der Waals surface area contributed by atoms with Gasteiger partial charge in [-0.2, -0.15) is 0 Å². The molecule has 1 heterocycles. The van der Waals surface area contributed by atoms with Crippen molar-refractivity contribution in [3.8, 4) is 16.9 Å². The molecule has 2 saturated carbocycles. The molecule has 1 amide bonds. The molecular weight excluding hydrogens is 442 g/mol. The maximum Gasteiger partial charge on any atom is 0.341 e. The zero-order chi connectivity index (χ0) is 23.7. The number of esters is 1. The van der Waals surface area contributed by atoms with Crippen LogP contribution in [0, 0.1) is 30.6 Å². The molecule has 0 unspecified atom stereocenters. The topological polar surface area (TPSA) is 102 Å². The number of rotatable bonds is 8. The number of hydrogen-bond acceptors (Lipinski definition) is 6. The minimum Gasteiger partial charge on any atom is -0.497 e. The van der Waals surface area contributed by atoms with Gasteiger partial charge >= 0.3 is 11.9 Å². The lowest BCUT2D eigenvalue weighted by Crippen LogP contribution is -2.38. The van der Waals surface area contributed by atoms with Gasteiger partial charge in [-0.1, -0.05) is 19.1 Å². The van der Waals surface area contributed by atoms with Gasteiger partial charge in [-0.05, 0) is 62.1 Å². The van der Waals surface area contributed by atoms with Crippen molar-refractivity contribution in [2.45, 2.75) is 39.5 Å². The van der Waals surface area contributed by atoms with Crippen LogP contribution in [0.4, 0.5) is 5.00 Å². The van der Waals surface area contributed by atoms with Crippen LogP contribution in [-0.2, 0) is 14.3 Å². The number of aryl methyl sites for hydroxylation is 1. The van der Waals surface area contributed by atoms with Crippen molar-refractivity contribution in [3.05, 3.63) is 34.7 Å². The molecule has 2 aromatic rings. The van der Waals surface area contributed by atoms with Crippen LogP contribution in [0.5, 0.6) is 5.75 Å². The fourth-order valence-corrected chi connectivity index (χ4v) is 6.49. The Morgan fingerprint density at radius 3 is 2.39 bits per heavy atom. The van der Waals surface area contributed by atoms with E-state index >= 15 is 0 Å². The highest BCUT2D eigenvalue weighted by atomic mass is 32.1. The van der Waals surface area contributed by atoms with Crippen molar-refractivity contribution in [3.63, 3.8) is 0 Å². The zero-order valence-corrected chi connectivity index (χ0v) is 19.9. The van der Waals surface area contributed by atoms with Crippen LogP contribution in [0.1, 0.15) is 47.8 Å². The number of thiophene rings is 1. The zero-order valence-electron chi connectivity index (χ0n) is 19.1. The van der Waals surface area contributed by atoms with Crippen molar-refractivity contribution < 1.29 is 29.0 Å². The van der Waals surface area contributed by atoms with Crippen LogP contribution in [0.25, 0.3) is 11.1 Å². The van der Waals surface area contributed by atoms with Gasteiger partial charge < -0.3 is 19.9 Å². The van der Waals surface area contributed by atoms with Gasteiger partial charge in [0.15, 0.2) is 0 Å². The molecule has 8 heteroatoms. The number of nitrogens with one attached hydrogen (secondary N) is 1. The molecule has 0 spiro atoms. The van der Waals surface area contributed by atoms with Crippen LogP contribution in [0.2, 0.25) is 0 Å². The van der Waals surface area contributed by atoms with E-state index in [2.05, 4.69) is 5.32 Å². The predicted octanol–water partition coefficient (Wildman–Crippen LogP) is 4.98. The molecule has 2 bridgehead atoms. The number of carbonyl (C=O) groups is 3. The number of anilines is 1. The summed E-state index contributed by atoms with van der Waals surface area (Å²) in [5.74, 6) is -2.14. The summed E-state index contributed by atoms with van der Waals surface area (Å²) in [5, 5.41) is 13.1. The van der Waals surface area contributed by atoms with E-state index in [4.69, 9.17) is 9.47 Å². The van der Waals surface area contributed by atoms with E-state index in [0.29, 0.717) is 28.3 Å². The Kier molecular flexibility index (Phi) is 6.74. The first-order chi connectivity index (χ1) is 15.8. The quantitative estimate of drug-likeness (QED) is 0.526. The van der Waals surface area contributed by atoms with Gasteiger partial charge in [0.25, 0.3) is 0 Å². The molecule has 1 aromatic carbocycles. The third kappa shape index (κ3) is 4.36. The molecule has 4 rings (SSSR count). The van der Waals surface area contributed by atoms with Gasteiger partial charge in [-0.3, -0.25) is 9.59 Å². The molecule has 2 fully saturated rings. The highest BCUT2D eigenvalue weighted by Crippen LogP contribution is 2.53. The minimum absolute atomic E-state index is 0.0529. The van der Waals surface area contributed by atoms with Crippen molar-refractivity contribution in [1.82, 2.24) is 0 Å². The monoisotopic (exact) mass is 471 g/mol. The first kappa shape index (κ1) is 23.3.